The Labute approximate surface area is 277 Å². The van der Waals surface area contributed by atoms with E-state index in [-0.39, 0.29) is 42.7 Å². The number of hydrogen-bond acceptors (Lipinski definition) is 8. The van der Waals surface area contributed by atoms with Crippen molar-refractivity contribution in [2.45, 2.75) is 124 Å². The van der Waals surface area contributed by atoms with E-state index in [2.05, 4.69) is 15.6 Å². The molecular weight excluding hydrogens is 604 g/mol. The summed E-state index contributed by atoms with van der Waals surface area (Å²) >= 11 is 1.58. The van der Waals surface area contributed by atoms with E-state index < -0.39 is 23.6 Å². The Kier molecular flexibility index (Phi) is 14.2. The number of amides is 3. The van der Waals surface area contributed by atoms with Gasteiger partial charge in [-0.05, 0) is 50.2 Å². The number of carbonyl (C=O) groups excluding carboxylic acids is 4. The molecule has 0 unspecified atom stereocenters. The van der Waals surface area contributed by atoms with Crippen LogP contribution in [0.2, 0.25) is 0 Å². The number of nitrogens with one attached hydrogen (secondary N) is 2. The van der Waals surface area contributed by atoms with Gasteiger partial charge in [0.25, 0.3) is 0 Å². The highest BCUT2D eigenvalue weighted by molar-refractivity contribution is 7.13. The summed E-state index contributed by atoms with van der Waals surface area (Å²) in [5.74, 6) is -1.06. The molecule has 2 heterocycles. The first kappa shape index (κ1) is 37.2. The van der Waals surface area contributed by atoms with Crippen LogP contribution in [-0.4, -0.2) is 70.0 Å². The summed E-state index contributed by atoms with van der Waals surface area (Å²) in [5.41, 5.74) is 4.18. The largest absolute Gasteiger partial charge is 0.466 e. The number of aliphatic hydroxyl groups is 1. The van der Waals surface area contributed by atoms with Gasteiger partial charge in [0.2, 0.25) is 17.7 Å². The van der Waals surface area contributed by atoms with E-state index in [4.69, 9.17) is 4.74 Å². The van der Waals surface area contributed by atoms with Crippen LogP contribution in [-0.2, 0) is 23.9 Å². The van der Waals surface area contributed by atoms with Crippen molar-refractivity contribution in [3.63, 3.8) is 0 Å². The maximum absolute atomic E-state index is 13.9. The van der Waals surface area contributed by atoms with Gasteiger partial charge in [-0.3, -0.25) is 19.2 Å². The summed E-state index contributed by atoms with van der Waals surface area (Å²) in [7, 11) is 0. The zero-order valence-corrected chi connectivity index (χ0v) is 29.1. The molecule has 254 valence electrons. The molecule has 3 amide bonds. The SMILES string of the molecule is CCOC(=O)CCCCCCCCC(=O)N[C@H](C(=O)N1C[C@H](O)C[C@H]1C(=O)N[C@@H](C)c1ccc(-c2scnc2C)cc1)C(C)(C)C. The van der Waals surface area contributed by atoms with Crippen molar-refractivity contribution in [1.82, 2.24) is 20.5 Å². The molecule has 1 fully saturated rings. The molecule has 0 radical (unpaired) electrons. The van der Waals surface area contributed by atoms with Crippen LogP contribution >= 0.6 is 11.3 Å². The molecule has 1 saturated heterocycles. The Morgan fingerprint density at radius 2 is 1.65 bits per heavy atom. The summed E-state index contributed by atoms with van der Waals surface area (Å²) in [6.07, 6.45) is 5.33. The van der Waals surface area contributed by atoms with E-state index in [1.807, 2.05) is 64.4 Å². The van der Waals surface area contributed by atoms with Crippen LogP contribution in [0.3, 0.4) is 0 Å². The second-order valence-corrected chi connectivity index (χ2v) is 14.2. The first-order chi connectivity index (χ1) is 21.8. The zero-order valence-electron chi connectivity index (χ0n) is 28.3. The topological polar surface area (TPSA) is 138 Å². The van der Waals surface area contributed by atoms with Crippen LogP contribution in [0, 0.1) is 12.3 Å². The molecule has 0 spiro atoms. The van der Waals surface area contributed by atoms with E-state index in [1.165, 1.54) is 4.90 Å². The fraction of sp³-hybridized carbons (Fsp3) is 0.629. The zero-order chi connectivity index (χ0) is 33.9. The third-order valence-electron chi connectivity index (χ3n) is 8.40. The minimum Gasteiger partial charge on any atom is -0.466 e. The van der Waals surface area contributed by atoms with Gasteiger partial charge in [-0.1, -0.05) is 70.7 Å². The number of ether oxygens (including phenoxy) is 1. The van der Waals surface area contributed by atoms with Crippen molar-refractivity contribution in [1.29, 1.82) is 0 Å². The van der Waals surface area contributed by atoms with Crippen LogP contribution in [0.4, 0.5) is 0 Å². The molecule has 46 heavy (non-hydrogen) atoms. The number of aliphatic hydroxyl groups excluding tert-OH is 1. The number of hydrogen-bond donors (Lipinski definition) is 3. The molecule has 1 aliphatic rings. The number of rotatable bonds is 16. The molecule has 10 nitrogen and oxygen atoms in total. The van der Waals surface area contributed by atoms with Crippen molar-refractivity contribution in [3.05, 3.63) is 41.0 Å². The number of unbranched alkanes of at least 4 members (excludes halogenated alkanes) is 5. The van der Waals surface area contributed by atoms with Crippen LogP contribution in [0.25, 0.3) is 10.4 Å². The van der Waals surface area contributed by atoms with Crippen LogP contribution < -0.4 is 10.6 Å². The van der Waals surface area contributed by atoms with E-state index in [9.17, 15) is 24.3 Å². The van der Waals surface area contributed by atoms with Crippen molar-refractivity contribution in [2.24, 2.45) is 5.41 Å². The van der Waals surface area contributed by atoms with Gasteiger partial charge >= 0.3 is 5.97 Å². The molecule has 3 rings (SSSR count). The number of β-amino-alcohol motifs (C(OH)–C–C–N with tert-alkyl or cyclic N) is 1. The van der Waals surface area contributed by atoms with Crippen LogP contribution in [0.5, 0.6) is 0 Å². The number of carbonyl (C=O) groups is 4. The Morgan fingerprint density at radius 3 is 2.24 bits per heavy atom. The monoisotopic (exact) mass is 656 g/mol. The lowest BCUT2D eigenvalue weighted by Gasteiger charge is -2.35. The Bertz CT molecular complexity index is 1300. The number of aryl methyl sites for hydroxylation is 1. The normalized spacial score (nSPS) is 17.8. The highest BCUT2D eigenvalue weighted by Crippen LogP contribution is 2.29. The summed E-state index contributed by atoms with van der Waals surface area (Å²) in [6.45, 7) is 11.8. The first-order valence-electron chi connectivity index (χ1n) is 16.6. The van der Waals surface area contributed by atoms with Gasteiger partial charge in [-0.25, -0.2) is 4.98 Å². The molecule has 4 atom stereocenters. The number of benzene rings is 1. The van der Waals surface area contributed by atoms with Gasteiger partial charge in [0.15, 0.2) is 0 Å². The summed E-state index contributed by atoms with van der Waals surface area (Å²) in [4.78, 5) is 58.6. The lowest BCUT2D eigenvalue weighted by molar-refractivity contribution is -0.144. The van der Waals surface area contributed by atoms with E-state index >= 15 is 0 Å². The molecule has 0 aliphatic carbocycles. The number of likely N-dealkylation sites (tertiary alicyclic amines) is 1. The molecule has 0 bridgehead atoms. The van der Waals surface area contributed by atoms with Crippen LogP contribution in [0.1, 0.15) is 110 Å². The van der Waals surface area contributed by atoms with Gasteiger partial charge in [0.1, 0.15) is 12.1 Å². The van der Waals surface area contributed by atoms with E-state index in [1.54, 1.807) is 18.3 Å². The minimum absolute atomic E-state index is 0.0345. The predicted molar refractivity (Wildman–Crippen MR) is 180 cm³/mol. The quantitative estimate of drug-likeness (QED) is 0.161. The van der Waals surface area contributed by atoms with Gasteiger partial charge in [-0.15, -0.1) is 11.3 Å². The number of esters is 1. The third kappa shape index (κ3) is 10.9. The molecule has 3 N–H and O–H groups in total. The number of thiazole rings is 1. The molecule has 0 saturated carbocycles. The lowest BCUT2D eigenvalue weighted by atomic mass is 9.85. The standard InChI is InChI=1S/C35H52N4O6S/c1-7-45-30(42)15-13-11-9-8-10-12-14-29(41)38-32(35(4,5)6)34(44)39-21-27(40)20-28(39)33(43)37-23(2)25-16-18-26(19-17-25)31-24(3)36-22-46-31/h16-19,22-23,27-28,32,40H,7-15,20-21H2,1-6H3,(H,37,43)(H,38,41)/t23-,27+,28-,32+/m0/s1. The van der Waals surface area contributed by atoms with Crippen molar-refractivity contribution in [3.8, 4) is 10.4 Å². The smallest absolute Gasteiger partial charge is 0.305 e. The number of aromatic nitrogens is 1. The third-order valence-corrected chi connectivity index (χ3v) is 9.38. The molecular formula is C35H52N4O6S. The van der Waals surface area contributed by atoms with Gasteiger partial charge in [-0.2, -0.15) is 0 Å². The Hall–Kier alpha value is -3.31. The Morgan fingerprint density at radius 1 is 1.02 bits per heavy atom. The second-order valence-electron chi connectivity index (χ2n) is 13.3. The molecule has 1 aromatic carbocycles. The molecule has 1 aliphatic heterocycles. The number of nitrogens with zero attached hydrogens (tertiary/aromatic N) is 2. The average Bonchev–Trinajstić information content (AvgIpc) is 3.61. The summed E-state index contributed by atoms with van der Waals surface area (Å²) in [5, 5.41) is 16.5. The van der Waals surface area contributed by atoms with Gasteiger partial charge < -0.3 is 25.4 Å². The van der Waals surface area contributed by atoms with E-state index in [0.717, 1.165) is 53.8 Å². The van der Waals surface area contributed by atoms with E-state index in [0.29, 0.717) is 25.9 Å². The highest BCUT2D eigenvalue weighted by atomic mass is 32.1. The van der Waals surface area contributed by atoms with Crippen molar-refractivity contribution < 1.29 is 29.0 Å². The molecule has 11 heteroatoms. The average molecular weight is 657 g/mol. The van der Waals surface area contributed by atoms with Crippen LogP contribution in [0.15, 0.2) is 29.8 Å². The second kappa shape index (κ2) is 17.6. The Balaban J connectivity index is 1.52. The maximum Gasteiger partial charge on any atom is 0.305 e. The highest BCUT2D eigenvalue weighted by Gasteiger charge is 2.44. The summed E-state index contributed by atoms with van der Waals surface area (Å²) in [6, 6.07) is 5.98. The fourth-order valence-corrected chi connectivity index (χ4v) is 6.56. The summed E-state index contributed by atoms with van der Waals surface area (Å²) < 4.78 is 4.94. The minimum atomic E-state index is -0.844. The first-order valence-corrected chi connectivity index (χ1v) is 17.4. The fourth-order valence-electron chi connectivity index (χ4n) is 5.74. The van der Waals surface area contributed by atoms with Crippen molar-refractivity contribution >= 4 is 35.0 Å². The van der Waals surface area contributed by atoms with Gasteiger partial charge in [0.05, 0.1) is 34.8 Å². The van der Waals surface area contributed by atoms with Gasteiger partial charge in [0, 0.05) is 25.8 Å². The predicted octanol–water partition coefficient (Wildman–Crippen LogP) is 5.47. The van der Waals surface area contributed by atoms with Crippen molar-refractivity contribution in [2.75, 3.05) is 13.2 Å². The molecule has 1 aromatic heterocycles. The maximum atomic E-state index is 13.9. The molecule has 2 aromatic rings. The lowest BCUT2D eigenvalue weighted by Crippen LogP contribution is -2.57.